The van der Waals surface area contributed by atoms with Crippen LogP contribution in [0, 0.1) is 11.6 Å². The molecule has 1 saturated heterocycles. The first-order valence-electron chi connectivity index (χ1n) is 8.56. The van der Waals surface area contributed by atoms with Crippen LogP contribution in [0.1, 0.15) is 5.56 Å². The van der Waals surface area contributed by atoms with Crippen molar-refractivity contribution in [3.63, 3.8) is 0 Å². The Bertz CT molecular complexity index is 752. The van der Waals surface area contributed by atoms with Crippen LogP contribution in [0.5, 0.6) is 0 Å². The standard InChI is InChI=1S/C20H21F2N3S/c21-17-13-18(22)15-19(14-17)23-20(26)25-11-9-24(10-12-25)8-4-7-16-5-2-1-3-6-16/h1-7,13-15H,8-12H2,(H,23,26)/b7-4+. The summed E-state index contributed by atoms with van der Waals surface area (Å²) < 4.78 is 26.5. The van der Waals surface area contributed by atoms with Gasteiger partial charge in [0, 0.05) is 44.5 Å². The number of halogens is 2. The van der Waals surface area contributed by atoms with Crippen LogP contribution < -0.4 is 5.32 Å². The number of hydrogen-bond donors (Lipinski definition) is 1. The molecule has 0 bridgehead atoms. The maximum absolute atomic E-state index is 13.3. The van der Waals surface area contributed by atoms with E-state index in [0.717, 1.165) is 38.8 Å². The van der Waals surface area contributed by atoms with Crippen LogP contribution in [-0.2, 0) is 0 Å². The van der Waals surface area contributed by atoms with Gasteiger partial charge in [-0.25, -0.2) is 8.78 Å². The summed E-state index contributed by atoms with van der Waals surface area (Å²) in [6, 6.07) is 13.5. The number of rotatable bonds is 4. The molecule has 3 rings (SSSR count). The molecule has 0 amide bonds. The van der Waals surface area contributed by atoms with Crippen LogP contribution in [0.3, 0.4) is 0 Å². The third-order valence-corrected chi connectivity index (χ3v) is 4.61. The van der Waals surface area contributed by atoms with Crippen molar-refractivity contribution >= 4 is 29.1 Å². The van der Waals surface area contributed by atoms with Gasteiger partial charge in [0.1, 0.15) is 11.6 Å². The Morgan fingerprint density at radius 3 is 2.31 bits per heavy atom. The first-order valence-corrected chi connectivity index (χ1v) is 8.97. The molecule has 0 atom stereocenters. The first kappa shape index (κ1) is 18.5. The highest BCUT2D eigenvalue weighted by Gasteiger charge is 2.18. The number of hydrogen-bond acceptors (Lipinski definition) is 2. The topological polar surface area (TPSA) is 18.5 Å². The lowest BCUT2D eigenvalue weighted by atomic mass is 10.2. The van der Waals surface area contributed by atoms with Gasteiger partial charge in [-0.05, 0) is 29.9 Å². The molecule has 3 nitrogen and oxygen atoms in total. The zero-order chi connectivity index (χ0) is 18.4. The van der Waals surface area contributed by atoms with Crippen molar-refractivity contribution in [1.29, 1.82) is 0 Å². The number of nitrogens with one attached hydrogen (secondary N) is 1. The van der Waals surface area contributed by atoms with E-state index < -0.39 is 11.6 Å². The van der Waals surface area contributed by atoms with E-state index in [0.29, 0.717) is 10.8 Å². The Morgan fingerprint density at radius 1 is 1.00 bits per heavy atom. The van der Waals surface area contributed by atoms with Crippen LogP contribution in [0.25, 0.3) is 6.08 Å². The SMILES string of the molecule is Fc1cc(F)cc(NC(=S)N2CCN(C/C=C/c3ccccc3)CC2)c1. The van der Waals surface area contributed by atoms with E-state index in [-0.39, 0.29) is 0 Å². The fourth-order valence-corrected chi connectivity index (χ4v) is 3.16. The van der Waals surface area contributed by atoms with Crippen LogP contribution in [0.15, 0.2) is 54.6 Å². The Labute approximate surface area is 157 Å². The minimum Gasteiger partial charge on any atom is -0.346 e. The smallest absolute Gasteiger partial charge is 0.173 e. The molecule has 0 spiro atoms. The van der Waals surface area contributed by atoms with Gasteiger partial charge in [0.15, 0.2) is 5.11 Å². The van der Waals surface area contributed by atoms with Crippen molar-refractivity contribution in [3.05, 3.63) is 71.8 Å². The summed E-state index contributed by atoms with van der Waals surface area (Å²) in [5.74, 6) is -1.24. The van der Waals surface area contributed by atoms with Gasteiger partial charge in [-0.2, -0.15) is 0 Å². The van der Waals surface area contributed by atoms with Gasteiger partial charge in [-0.3, -0.25) is 4.90 Å². The van der Waals surface area contributed by atoms with Crippen molar-refractivity contribution < 1.29 is 8.78 Å². The van der Waals surface area contributed by atoms with E-state index in [2.05, 4.69) is 34.5 Å². The highest BCUT2D eigenvalue weighted by Crippen LogP contribution is 2.14. The third-order valence-electron chi connectivity index (χ3n) is 4.25. The summed E-state index contributed by atoms with van der Waals surface area (Å²) >= 11 is 5.37. The van der Waals surface area contributed by atoms with Gasteiger partial charge in [0.2, 0.25) is 0 Å². The molecule has 0 saturated carbocycles. The van der Waals surface area contributed by atoms with Crippen molar-refractivity contribution in [2.75, 3.05) is 38.0 Å². The molecule has 0 aromatic heterocycles. The second-order valence-electron chi connectivity index (χ2n) is 6.19. The maximum atomic E-state index is 13.3. The van der Waals surface area contributed by atoms with Gasteiger partial charge in [-0.15, -0.1) is 0 Å². The van der Waals surface area contributed by atoms with E-state index in [4.69, 9.17) is 12.2 Å². The second kappa shape index (κ2) is 8.87. The van der Waals surface area contributed by atoms with Gasteiger partial charge in [0.25, 0.3) is 0 Å². The first-order chi connectivity index (χ1) is 12.6. The highest BCUT2D eigenvalue weighted by atomic mass is 32.1. The Kier molecular flexibility index (Phi) is 6.30. The monoisotopic (exact) mass is 373 g/mol. The van der Waals surface area contributed by atoms with Crippen molar-refractivity contribution in [3.8, 4) is 0 Å². The van der Waals surface area contributed by atoms with E-state index in [9.17, 15) is 8.78 Å². The van der Waals surface area contributed by atoms with Crippen LogP contribution >= 0.6 is 12.2 Å². The predicted molar refractivity (Wildman–Crippen MR) is 106 cm³/mol. The second-order valence-corrected chi connectivity index (χ2v) is 6.58. The molecule has 1 aliphatic heterocycles. The van der Waals surface area contributed by atoms with Crippen molar-refractivity contribution in [2.24, 2.45) is 0 Å². The zero-order valence-electron chi connectivity index (χ0n) is 14.4. The zero-order valence-corrected chi connectivity index (χ0v) is 15.2. The van der Waals surface area contributed by atoms with Gasteiger partial charge < -0.3 is 10.2 Å². The van der Waals surface area contributed by atoms with Gasteiger partial charge in [-0.1, -0.05) is 42.5 Å². The predicted octanol–water partition coefficient (Wildman–Crippen LogP) is 3.99. The summed E-state index contributed by atoms with van der Waals surface area (Å²) in [4.78, 5) is 4.37. The minimum atomic E-state index is -0.620. The Morgan fingerprint density at radius 2 is 1.65 bits per heavy atom. The quantitative estimate of drug-likeness (QED) is 0.817. The number of benzene rings is 2. The van der Waals surface area contributed by atoms with Crippen LogP contribution in [0.4, 0.5) is 14.5 Å². The maximum Gasteiger partial charge on any atom is 0.173 e. The molecular weight excluding hydrogens is 352 g/mol. The fraction of sp³-hybridized carbons (Fsp3) is 0.250. The Balaban J connectivity index is 1.45. The molecule has 0 radical (unpaired) electrons. The van der Waals surface area contributed by atoms with Gasteiger partial charge in [0.05, 0.1) is 0 Å². The van der Waals surface area contributed by atoms with E-state index >= 15 is 0 Å². The number of anilines is 1. The van der Waals surface area contributed by atoms with Gasteiger partial charge >= 0.3 is 0 Å². The van der Waals surface area contributed by atoms with E-state index in [1.54, 1.807) is 0 Å². The average molecular weight is 373 g/mol. The summed E-state index contributed by atoms with van der Waals surface area (Å²) in [5, 5.41) is 3.41. The Hall–Kier alpha value is -2.31. The molecule has 0 unspecified atom stereocenters. The molecular formula is C20H21F2N3S. The molecule has 1 aliphatic rings. The molecule has 1 N–H and O–H groups in total. The van der Waals surface area contributed by atoms with E-state index in [1.807, 2.05) is 23.1 Å². The summed E-state index contributed by atoms with van der Waals surface area (Å²) in [5.41, 5.74) is 1.53. The lowest BCUT2D eigenvalue weighted by molar-refractivity contribution is 0.200. The average Bonchev–Trinajstić information content (AvgIpc) is 2.62. The molecule has 2 aromatic carbocycles. The van der Waals surface area contributed by atoms with Crippen LogP contribution in [0.2, 0.25) is 0 Å². The molecule has 1 heterocycles. The summed E-state index contributed by atoms with van der Waals surface area (Å²) in [6.45, 7) is 4.22. The van der Waals surface area contributed by atoms with E-state index in [1.165, 1.54) is 17.7 Å². The van der Waals surface area contributed by atoms with Crippen LogP contribution in [-0.4, -0.2) is 47.6 Å². The summed E-state index contributed by atoms with van der Waals surface area (Å²) in [7, 11) is 0. The number of piperazine rings is 1. The fourth-order valence-electron chi connectivity index (χ4n) is 2.86. The molecule has 0 aliphatic carbocycles. The van der Waals surface area contributed by atoms with Crippen molar-refractivity contribution in [1.82, 2.24) is 9.80 Å². The summed E-state index contributed by atoms with van der Waals surface area (Å²) in [6.07, 6.45) is 4.29. The number of nitrogens with zero attached hydrogens (tertiary/aromatic N) is 2. The molecule has 1 fully saturated rings. The molecule has 26 heavy (non-hydrogen) atoms. The lowest BCUT2D eigenvalue weighted by Crippen LogP contribution is -2.49. The molecule has 6 heteroatoms. The lowest BCUT2D eigenvalue weighted by Gasteiger charge is -2.35. The largest absolute Gasteiger partial charge is 0.346 e. The molecule has 136 valence electrons. The number of thiocarbonyl (C=S) groups is 1. The minimum absolute atomic E-state index is 0.334. The normalized spacial score (nSPS) is 15.4. The van der Waals surface area contributed by atoms with Crippen molar-refractivity contribution in [2.45, 2.75) is 0 Å². The molecule has 2 aromatic rings. The highest BCUT2D eigenvalue weighted by molar-refractivity contribution is 7.80. The third kappa shape index (κ3) is 5.34.